The van der Waals surface area contributed by atoms with Crippen molar-refractivity contribution in [2.75, 3.05) is 0 Å². The van der Waals surface area contributed by atoms with Gasteiger partial charge in [-0.2, -0.15) is 4.98 Å². The smallest absolute Gasteiger partial charge is 0.269 e. The van der Waals surface area contributed by atoms with Crippen molar-refractivity contribution < 1.29 is 5.11 Å². The highest BCUT2D eigenvalue weighted by atomic mass is 16.3. The van der Waals surface area contributed by atoms with Gasteiger partial charge in [0.25, 0.3) is 5.56 Å². The van der Waals surface area contributed by atoms with E-state index < -0.39 is 0 Å². The van der Waals surface area contributed by atoms with E-state index in [1.807, 2.05) is 49.4 Å². The lowest BCUT2D eigenvalue weighted by molar-refractivity contribution is 0.455. The Morgan fingerprint density at radius 1 is 1.00 bits per heavy atom. The highest BCUT2D eigenvalue weighted by molar-refractivity contribution is 5.74. The molecule has 3 aromatic heterocycles. The van der Waals surface area contributed by atoms with Crippen LogP contribution >= 0.6 is 0 Å². The van der Waals surface area contributed by atoms with Crippen LogP contribution in [0.25, 0.3) is 28.0 Å². The molecular formula is C20H15N3O2. The lowest BCUT2D eigenvalue weighted by Gasteiger charge is -2.09. The van der Waals surface area contributed by atoms with Gasteiger partial charge in [0.2, 0.25) is 5.88 Å². The summed E-state index contributed by atoms with van der Waals surface area (Å²) in [4.78, 5) is 21.4. The molecule has 25 heavy (non-hydrogen) atoms. The molecule has 0 unspecified atom stereocenters. The van der Waals surface area contributed by atoms with Gasteiger partial charge in [-0.05, 0) is 42.3 Å². The molecule has 0 radical (unpaired) electrons. The fourth-order valence-corrected chi connectivity index (χ4v) is 2.91. The van der Waals surface area contributed by atoms with Crippen LogP contribution in [0, 0.1) is 6.92 Å². The number of hydrogen-bond acceptors (Lipinski definition) is 4. The number of nitrogens with zero attached hydrogens (tertiary/aromatic N) is 3. The van der Waals surface area contributed by atoms with Crippen LogP contribution in [0.1, 0.15) is 5.56 Å². The van der Waals surface area contributed by atoms with E-state index in [0.717, 1.165) is 16.8 Å². The standard InChI is InChI=1S/C20H15N3O2/c1-13-6-5-11-23-18(13)22-19(24)17(20(23)25)15-8-4-7-14(12-15)16-9-2-3-10-21-16/h2-12,24H,1H3. The number of hydrogen-bond donors (Lipinski definition) is 1. The van der Waals surface area contributed by atoms with Crippen LogP contribution in [0.5, 0.6) is 5.88 Å². The third kappa shape index (κ3) is 2.55. The van der Waals surface area contributed by atoms with Gasteiger partial charge < -0.3 is 5.11 Å². The average Bonchev–Trinajstić information content (AvgIpc) is 2.64. The molecule has 5 nitrogen and oxygen atoms in total. The second-order valence-corrected chi connectivity index (χ2v) is 5.80. The molecule has 1 N–H and O–H groups in total. The van der Waals surface area contributed by atoms with Crippen molar-refractivity contribution in [2.45, 2.75) is 6.92 Å². The summed E-state index contributed by atoms with van der Waals surface area (Å²) in [6, 6.07) is 16.7. The number of pyridine rings is 2. The van der Waals surface area contributed by atoms with Crippen LogP contribution < -0.4 is 5.56 Å². The molecule has 0 aliphatic rings. The maximum Gasteiger partial charge on any atom is 0.269 e. The van der Waals surface area contributed by atoms with E-state index in [-0.39, 0.29) is 17.0 Å². The van der Waals surface area contributed by atoms with E-state index in [1.165, 1.54) is 4.40 Å². The Kier molecular flexibility index (Phi) is 3.54. The highest BCUT2D eigenvalue weighted by Crippen LogP contribution is 2.28. The van der Waals surface area contributed by atoms with Crippen molar-refractivity contribution in [3.8, 4) is 28.3 Å². The number of aromatic nitrogens is 3. The molecule has 5 heteroatoms. The minimum atomic E-state index is -0.302. The molecule has 0 amide bonds. The lowest BCUT2D eigenvalue weighted by atomic mass is 10.0. The van der Waals surface area contributed by atoms with Crippen molar-refractivity contribution in [1.82, 2.24) is 14.4 Å². The van der Waals surface area contributed by atoms with Crippen molar-refractivity contribution in [1.29, 1.82) is 0 Å². The number of rotatable bonds is 2. The summed E-state index contributed by atoms with van der Waals surface area (Å²) in [5.41, 5.74) is 3.43. The van der Waals surface area contributed by atoms with Gasteiger partial charge in [0.1, 0.15) is 11.2 Å². The summed E-state index contributed by atoms with van der Waals surface area (Å²) in [7, 11) is 0. The summed E-state index contributed by atoms with van der Waals surface area (Å²) in [6.45, 7) is 1.85. The summed E-state index contributed by atoms with van der Waals surface area (Å²) in [5.74, 6) is -0.266. The first-order valence-corrected chi connectivity index (χ1v) is 7.88. The molecule has 3 heterocycles. The van der Waals surface area contributed by atoms with Crippen LogP contribution in [0.15, 0.2) is 71.8 Å². The normalized spacial score (nSPS) is 10.9. The average molecular weight is 329 g/mol. The number of fused-ring (bicyclic) bond motifs is 1. The summed E-state index contributed by atoms with van der Waals surface area (Å²) < 4.78 is 1.46. The molecule has 4 rings (SSSR count). The zero-order valence-corrected chi connectivity index (χ0v) is 13.5. The van der Waals surface area contributed by atoms with Gasteiger partial charge in [-0.15, -0.1) is 0 Å². The predicted octanol–water partition coefficient (Wildman–Crippen LogP) is 3.44. The Balaban J connectivity index is 1.96. The van der Waals surface area contributed by atoms with Gasteiger partial charge in [0.05, 0.1) is 5.69 Å². The molecule has 0 aliphatic heterocycles. The number of aromatic hydroxyl groups is 1. The van der Waals surface area contributed by atoms with Gasteiger partial charge in [-0.25, -0.2) is 0 Å². The summed E-state index contributed by atoms with van der Waals surface area (Å²) >= 11 is 0. The molecule has 0 fully saturated rings. The van der Waals surface area contributed by atoms with Gasteiger partial charge in [-0.1, -0.05) is 30.3 Å². The van der Waals surface area contributed by atoms with E-state index in [0.29, 0.717) is 11.2 Å². The maximum atomic E-state index is 12.9. The summed E-state index contributed by atoms with van der Waals surface area (Å²) in [5, 5.41) is 10.4. The molecule has 0 saturated carbocycles. The SMILES string of the molecule is Cc1cccn2c(=O)c(-c3cccc(-c4ccccn4)c3)c(O)nc12. The Morgan fingerprint density at radius 2 is 1.84 bits per heavy atom. The number of benzene rings is 1. The molecule has 0 spiro atoms. The largest absolute Gasteiger partial charge is 0.493 e. The first-order chi connectivity index (χ1) is 12.1. The zero-order chi connectivity index (χ0) is 17.4. The molecule has 0 saturated heterocycles. The van der Waals surface area contributed by atoms with Crippen molar-refractivity contribution in [3.63, 3.8) is 0 Å². The second kappa shape index (κ2) is 5.87. The van der Waals surface area contributed by atoms with Crippen LogP contribution in [0.4, 0.5) is 0 Å². The predicted molar refractivity (Wildman–Crippen MR) is 96.5 cm³/mol. The minimum Gasteiger partial charge on any atom is -0.493 e. The molecule has 0 atom stereocenters. The molecule has 122 valence electrons. The van der Waals surface area contributed by atoms with E-state index in [9.17, 15) is 9.90 Å². The molecular weight excluding hydrogens is 314 g/mol. The van der Waals surface area contributed by atoms with E-state index in [4.69, 9.17) is 0 Å². The maximum absolute atomic E-state index is 12.9. The Labute approximate surface area is 143 Å². The Bertz CT molecular complexity index is 1130. The minimum absolute atomic E-state index is 0.181. The zero-order valence-electron chi connectivity index (χ0n) is 13.5. The molecule has 1 aromatic carbocycles. The van der Waals surface area contributed by atoms with Gasteiger partial charge in [0.15, 0.2) is 0 Å². The third-order valence-corrected chi connectivity index (χ3v) is 4.14. The molecule has 0 aliphatic carbocycles. The fourth-order valence-electron chi connectivity index (χ4n) is 2.91. The van der Waals surface area contributed by atoms with Gasteiger partial charge in [-0.3, -0.25) is 14.2 Å². The van der Waals surface area contributed by atoms with Crippen LogP contribution in [-0.4, -0.2) is 19.5 Å². The van der Waals surface area contributed by atoms with E-state index in [1.54, 1.807) is 24.5 Å². The van der Waals surface area contributed by atoms with Gasteiger partial charge >= 0.3 is 0 Å². The third-order valence-electron chi connectivity index (χ3n) is 4.14. The second-order valence-electron chi connectivity index (χ2n) is 5.80. The van der Waals surface area contributed by atoms with Crippen molar-refractivity contribution >= 4 is 5.65 Å². The van der Waals surface area contributed by atoms with E-state index >= 15 is 0 Å². The Morgan fingerprint density at radius 3 is 2.64 bits per heavy atom. The molecule has 4 aromatic rings. The lowest BCUT2D eigenvalue weighted by Crippen LogP contribution is -2.17. The highest BCUT2D eigenvalue weighted by Gasteiger charge is 2.15. The molecule has 0 bridgehead atoms. The van der Waals surface area contributed by atoms with Gasteiger partial charge in [0, 0.05) is 18.0 Å². The monoisotopic (exact) mass is 329 g/mol. The van der Waals surface area contributed by atoms with Crippen LogP contribution in [0.2, 0.25) is 0 Å². The first kappa shape index (κ1) is 15.1. The van der Waals surface area contributed by atoms with E-state index in [2.05, 4.69) is 9.97 Å². The van der Waals surface area contributed by atoms with Crippen molar-refractivity contribution in [3.05, 3.63) is 82.9 Å². The van der Waals surface area contributed by atoms with Crippen LogP contribution in [0.3, 0.4) is 0 Å². The van der Waals surface area contributed by atoms with Crippen molar-refractivity contribution in [2.24, 2.45) is 0 Å². The first-order valence-electron chi connectivity index (χ1n) is 7.88. The summed E-state index contributed by atoms with van der Waals surface area (Å²) in [6.07, 6.45) is 3.37. The quantitative estimate of drug-likeness (QED) is 0.612. The Hall–Kier alpha value is -3.47. The number of aryl methyl sites for hydroxylation is 1. The fraction of sp³-hybridized carbons (Fsp3) is 0.0500. The topological polar surface area (TPSA) is 67.5 Å². The van der Waals surface area contributed by atoms with Crippen LogP contribution in [-0.2, 0) is 0 Å².